The first-order chi connectivity index (χ1) is 12.8. The van der Waals surface area contributed by atoms with Crippen molar-refractivity contribution in [3.8, 4) is 0 Å². The van der Waals surface area contributed by atoms with Crippen LogP contribution in [0.2, 0.25) is 0 Å². The van der Waals surface area contributed by atoms with Crippen LogP contribution in [-0.2, 0) is 21.3 Å². The van der Waals surface area contributed by atoms with Crippen molar-refractivity contribution in [2.24, 2.45) is 0 Å². The quantitative estimate of drug-likeness (QED) is 0.789. The zero-order chi connectivity index (χ0) is 19.6. The Hall–Kier alpha value is -1.89. The van der Waals surface area contributed by atoms with Gasteiger partial charge >= 0.3 is 0 Å². The SMILES string of the molecule is Cc1cc(C)c(S(=O)(=O)N(C)Cc2ccc(N3CCOCC3)cc2)c(C)c1. The molecule has 146 valence electrons. The fraction of sp³-hybridized carbons (Fsp3) is 0.429. The molecule has 1 aliphatic rings. The van der Waals surface area contributed by atoms with E-state index in [9.17, 15) is 8.42 Å². The molecule has 2 aromatic rings. The molecule has 27 heavy (non-hydrogen) atoms. The van der Waals surface area contributed by atoms with E-state index in [1.807, 2.05) is 45.0 Å². The monoisotopic (exact) mass is 388 g/mol. The Morgan fingerprint density at radius 1 is 1.00 bits per heavy atom. The molecule has 1 heterocycles. The number of ether oxygens (including phenoxy) is 1. The Balaban J connectivity index is 1.77. The molecule has 2 aromatic carbocycles. The van der Waals surface area contributed by atoms with Crippen molar-refractivity contribution in [3.63, 3.8) is 0 Å². The summed E-state index contributed by atoms with van der Waals surface area (Å²) in [6.07, 6.45) is 0. The van der Waals surface area contributed by atoms with Crippen LogP contribution in [0, 0.1) is 20.8 Å². The normalized spacial score (nSPS) is 15.4. The Bertz CT molecular complexity index is 879. The lowest BCUT2D eigenvalue weighted by Gasteiger charge is -2.29. The minimum atomic E-state index is -3.54. The maximum absolute atomic E-state index is 13.1. The summed E-state index contributed by atoms with van der Waals surface area (Å²) in [5.41, 5.74) is 4.78. The number of nitrogens with zero attached hydrogens (tertiary/aromatic N) is 2. The van der Waals surface area contributed by atoms with Crippen molar-refractivity contribution in [2.45, 2.75) is 32.2 Å². The topological polar surface area (TPSA) is 49.9 Å². The highest BCUT2D eigenvalue weighted by Gasteiger charge is 2.25. The van der Waals surface area contributed by atoms with Gasteiger partial charge in [0.25, 0.3) is 0 Å². The highest BCUT2D eigenvalue weighted by molar-refractivity contribution is 7.89. The van der Waals surface area contributed by atoms with Crippen LogP contribution in [0.15, 0.2) is 41.3 Å². The van der Waals surface area contributed by atoms with Gasteiger partial charge in [-0.3, -0.25) is 0 Å². The lowest BCUT2D eigenvalue weighted by Crippen LogP contribution is -2.36. The maximum Gasteiger partial charge on any atom is 0.243 e. The summed E-state index contributed by atoms with van der Waals surface area (Å²) in [4.78, 5) is 2.70. The van der Waals surface area contributed by atoms with Gasteiger partial charge in [0, 0.05) is 32.4 Å². The third kappa shape index (κ3) is 4.34. The molecule has 0 bridgehead atoms. The molecule has 5 nitrogen and oxygen atoms in total. The van der Waals surface area contributed by atoms with Gasteiger partial charge in [0.15, 0.2) is 0 Å². The molecule has 0 radical (unpaired) electrons. The molecular weight excluding hydrogens is 360 g/mol. The van der Waals surface area contributed by atoms with E-state index >= 15 is 0 Å². The highest BCUT2D eigenvalue weighted by Crippen LogP contribution is 2.26. The van der Waals surface area contributed by atoms with Gasteiger partial charge in [0.2, 0.25) is 10.0 Å². The fourth-order valence-electron chi connectivity index (χ4n) is 3.71. The van der Waals surface area contributed by atoms with Crippen molar-refractivity contribution in [1.29, 1.82) is 0 Å². The van der Waals surface area contributed by atoms with Crippen LogP contribution in [0.5, 0.6) is 0 Å². The molecule has 3 rings (SSSR count). The number of morpholine rings is 1. The number of hydrogen-bond donors (Lipinski definition) is 0. The number of anilines is 1. The van der Waals surface area contributed by atoms with Crippen molar-refractivity contribution < 1.29 is 13.2 Å². The molecule has 0 N–H and O–H groups in total. The molecule has 6 heteroatoms. The van der Waals surface area contributed by atoms with Crippen LogP contribution in [-0.4, -0.2) is 46.1 Å². The zero-order valence-electron chi connectivity index (χ0n) is 16.5. The summed E-state index contributed by atoms with van der Waals surface area (Å²) >= 11 is 0. The first-order valence-corrected chi connectivity index (χ1v) is 10.7. The standard InChI is InChI=1S/C21H28N2O3S/c1-16-13-17(2)21(18(3)14-16)27(24,25)22(4)15-19-5-7-20(8-6-19)23-9-11-26-12-10-23/h5-8,13-14H,9-12,15H2,1-4H3. The van der Waals surface area contributed by atoms with Crippen molar-refractivity contribution in [3.05, 3.63) is 58.7 Å². The molecule has 0 aromatic heterocycles. The number of sulfonamides is 1. The molecule has 0 atom stereocenters. The molecule has 0 saturated carbocycles. The van der Waals surface area contributed by atoms with E-state index in [0.29, 0.717) is 11.4 Å². The molecule has 0 spiro atoms. The van der Waals surface area contributed by atoms with E-state index in [1.54, 1.807) is 7.05 Å². The van der Waals surface area contributed by atoms with Gasteiger partial charge in [0.05, 0.1) is 18.1 Å². The average Bonchev–Trinajstić information content (AvgIpc) is 2.62. The van der Waals surface area contributed by atoms with Crippen LogP contribution in [0.3, 0.4) is 0 Å². The minimum absolute atomic E-state index is 0.346. The largest absolute Gasteiger partial charge is 0.378 e. The second-order valence-electron chi connectivity index (χ2n) is 7.25. The van der Waals surface area contributed by atoms with E-state index in [-0.39, 0.29) is 0 Å². The summed E-state index contributed by atoms with van der Waals surface area (Å²) < 4.78 is 33.0. The number of aryl methyl sites for hydroxylation is 3. The minimum Gasteiger partial charge on any atom is -0.378 e. The summed E-state index contributed by atoms with van der Waals surface area (Å²) in [6.45, 7) is 9.32. The van der Waals surface area contributed by atoms with Crippen LogP contribution in [0.1, 0.15) is 22.3 Å². The molecular formula is C21H28N2O3S. The Kier molecular flexibility index (Phi) is 5.89. The van der Waals surface area contributed by atoms with Crippen molar-refractivity contribution in [2.75, 3.05) is 38.3 Å². The Morgan fingerprint density at radius 3 is 2.11 bits per heavy atom. The van der Waals surface area contributed by atoms with Gasteiger partial charge in [-0.2, -0.15) is 4.31 Å². The maximum atomic E-state index is 13.1. The Labute approximate surface area is 162 Å². The molecule has 0 amide bonds. The number of benzene rings is 2. The molecule has 1 aliphatic heterocycles. The molecule has 1 saturated heterocycles. The zero-order valence-corrected chi connectivity index (χ0v) is 17.3. The molecule has 0 aliphatic carbocycles. The summed E-state index contributed by atoms with van der Waals surface area (Å²) in [6, 6.07) is 12.0. The Morgan fingerprint density at radius 2 is 1.56 bits per heavy atom. The molecule has 0 unspecified atom stereocenters. The summed E-state index contributed by atoms with van der Waals surface area (Å²) in [7, 11) is -1.90. The lowest BCUT2D eigenvalue weighted by molar-refractivity contribution is 0.122. The molecule has 1 fully saturated rings. The average molecular weight is 389 g/mol. The van der Waals surface area contributed by atoms with Crippen LogP contribution >= 0.6 is 0 Å². The van der Waals surface area contributed by atoms with E-state index in [0.717, 1.165) is 54.2 Å². The number of rotatable bonds is 5. The number of hydrogen-bond acceptors (Lipinski definition) is 4. The lowest BCUT2D eigenvalue weighted by atomic mass is 10.1. The second-order valence-corrected chi connectivity index (χ2v) is 9.24. The van der Waals surface area contributed by atoms with Gasteiger partial charge in [-0.15, -0.1) is 0 Å². The predicted molar refractivity (Wildman–Crippen MR) is 109 cm³/mol. The van der Waals surface area contributed by atoms with Gasteiger partial charge in [-0.1, -0.05) is 29.8 Å². The van der Waals surface area contributed by atoms with Crippen LogP contribution in [0.4, 0.5) is 5.69 Å². The van der Waals surface area contributed by atoms with E-state index in [4.69, 9.17) is 4.74 Å². The van der Waals surface area contributed by atoms with E-state index in [1.165, 1.54) is 4.31 Å². The van der Waals surface area contributed by atoms with Gasteiger partial charge in [-0.25, -0.2) is 8.42 Å². The third-order valence-corrected chi connectivity index (χ3v) is 7.10. The van der Waals surface area contributed by atoms with Gasteiger partial charge in [0.1, 0.15) is 0 Å². The second kappa shape index (κ2) is 8.00. The van der Waals surface area contributed by atoms with Crippen LogP contribution < -0.4 is 4.90 Å². The smallest absolute Gasteiger partial charge is 0.243 e. The fourth-order valence-corrected chi connectivity index (χ4v) is 5.27. The highest BCUT2D eigenvalue weighted by atomic mass is 32.2. The van der Waals surface area contributed by atoms with Crippen molar-refractivity contribution >= 4 is 15.7 Å². The van der Waals surface area contributed by atoms with Crippen LogP contribution in [0.25, 0.3) is 0 Å². The third-order valence-electron chi connectivity index (χ3n) is 4.99. The first kappa shape index (κ1) is 19.9. The summed E-state index contributed by atoms with van der Waals surface area (Å²) in [5, 5.41) is 0. The van der Waals surface area contributed by atoms with Gasteiger partial charge in [-0.05, 0) is 49.6 Å². The first-order valence-electron chi connectivity index (χ1n) is 9.25. The van der Waals surface area contributed by atoms with E-state index in [2.05, 4.69) is 17.0 Å². The van der Waals surface area contributed by atoms with Crippen molar-refractivity contribution in [1.82, 2.24) is 4.31 Å². The van der Waals surface area contributed by atoms with E-state index < -0.39 is 10.0 Å². The van der Waals surface area contributed by atoms with Gasteiger partial charge < -0.3 is 9.64 Å². The summed E-state index contributed by atoms with van der Waals surface area (Å²) in [5.74, 6) is 0. The predicted octanol–water partition coefficient (Wildman–Crippen LogP) is 3.27.